The van der Waals surface area contributed by atoms with Crippen molar-refractivity contribution in [3.05, 3.63) is 28.2 Å². The number of hydrogen-bond acceptors (Lipinski definition) is 3. The Bertz CT molecular complexity index is 396. The molecule has 0 heterocycles. The minimum absolute atomic E-state index is 0.482. The molecule has 0 spiro atoms. The van der Waals surface area contributed by atoms with E-state index in [9.17, 15) is 4.79 Å². The van der Waals surface area contributed by atoms with Crippen molar-refractivity contribution in [2.45, 2.75) is 30.0 Å². The van der Waals surface area contributed by atoms with E-state index in [1.807, 2.05) is 6.07 Å². The minimum atomic E-state index is -1.02. The Morgan fingerprint density at radius 3 is 2.56 bits per heavy atom. The lowest BCUT2D eigenvalue weighted by molar-refractivity contribution is -0.138. The van der Waals surface area contributed by atoms with Gasteiger partial charge in [-0.2, -0.15) is 0 Å². The lowest BCUT2D eigenvalue weighted by Crippen LogP contribution is -2.20. The second-order valence-corrected chi connectivity index (χ2v) is 6.15. The van der Waals surface area contributed by atoms with Crippen molar-refractivity contribution < 1.29 is 9.90 Å². The maximum absolute atomic E-state index is 10.7. The Balaban J connectivity index is 2.95. The summed E-state index contributed by atoms with van der Waals surface area (Å²) in [7, 11) is 0. The maximum atomic E-state index is 10.7. The Labute approximate surface area is 108 Å². The first kappa shape index (κ1) is 13.5. The molecule has 0 bridgehead atoms. The largest absolute Gasteiger partial charge is 0.480 e. The van der Waals surface area contributed by atoms with Gasteiger partial charge < -0.3 is 10.8 Å². The zero-order valence-electron chi connectivity index (χ0n) is 9.11. The number of nitrogens with two attached hydrogens (primary N) is 1. The fourth-order valence-corrected chi connectivity index (χ4v) is 2.71. The van der Waals surface area contributed by atoms with Gasteiger partial charge in [-0.15, -0.1) is 11.8 Å². The van der Waals surface area contributed by atoms with E-state index < -0.39 is 12.0 Å². The summed E-state index contributed by atoms with van der Waals surface area (Å²) in [6.45, 7) is 4.21. The third kappa shape index (κ3) is 3.50. The maximum Gasteiger partial charge on any atom is 0.325 e. The van der Waals surface area contributed by atoms with Gasteiger partial charge in [0, 0.05) is 14.6 Å². The van der Waals surface area contributed by atoms with Crippen LogP contribution in [0.3, 0.4) is 0 Å². The van der Waals surface area contributed by atoms with E-state index in [0.29, 0.717) is 10.8 Å². The molecule has 3 N–H and O–H groups in total. The fraction of sp³-hybridized carbons (Fsp3) is 0.364. The quantitative estimate of drug-likeness (QED) is 0.839. The van der Waals surface area contributed by atoms with Crippen LogP contribution in [0, 0.1) is 0 Å². The molecule has 1 rings (SSSR count). The molecular weight excluding hydrogens is 290 g/mol. The summed E-state index contributed by atoms with van der Waals surface area (Å²) in [6.07, 6.45) is 0. The monoisotopic (exact) mass is 303 g/mol. The standard InChI is InChI=1S/C11H14BrNO2S/c1-6(2)16-9-4-3-7(5-8(9)12)10(13)11(14)15/h3-6,10H,13H2,1-2H3,(H,14,15). The minimum Gasteiger partial charge on any atom is -0.480 e. The summed E-state index contributed by atoms with van der Waals surface area (Å²) < 4.78 is 0.889. The van der Waals surface area contributed by atoms with Crippen LogP contribution in [-0.2, 0) is 4.79 Å². The zero-order valence-corrected chi connectivity index (χ0v) is 11.5. The van der Waals surface area contributed by atoms with Crippen molar-refractivity contribution in [2.75, 3.05) is 0 Å². The van der Waals surface area contributed by atoms with Crippen LogP contribution in [0.15, 0.2) is 27.6 Å². The predicted octanol–water partition coefficient (Wildman–Crippen LogP) is 3.03. The van der Waals surface area contributed by atoms with Crippen LogP contribution in [0.1, 0.15) is 25.5 Å². The van der Waals surface area contributed by atoms with Crippen molar-refractivity contribution in [1.29, 1.82) is 0 Å². The summed E-state index contributed by atoms with van der Waals surface area (Å²) in [5.41, 5.74) is 6.13. The third-order valence-electron chi connectivity index (χ3n) is 1.94. The van der Waals surface area contributed by atoms with Crippen molar-refractivity contribution in [3.63, 3.8) is 0 Å². The molecule has 1 aromatic rings. The smallest absolute Gasteiger partial charge is 0.325 e. The fourth-order valence-electron chi connectivity index (χ4n) is 1.20. The van der Waals surface area contributed by atoms with Crippen molar-refractivity contribution >= 4 is 33.7 Å². The second-order valence-electron chi connectivity index (χ2n) is 3.67. The highest BCUT2D eigenvalue weighted by Gasteiger charge is 2.15. The van der Waals surface area contributed by atoms with Gasteiger partial charge >= 0.3 is 5.97 Å². The highest BCUT2D eigenvalue weighted by atomic mass is 79.9. The van der Waals surface area contributed by atoms with Crippen LogP contribution in [-0.4, -0.2) is 16.3 Å². The molecule has 88 valence electrons. The van der Waals surface area contributed by atoms with Crippen LogP contribution < -0.4 is 5.73 Å². The molecule has 16 heavy (non-hydrogen) atoms. The van der Waals surface area contributed by atoms with E-state index in [0.717, 1.165) is 9.37 Å². The summed E-state index contributed by atoms with van der Waals surface area (Å²) in [6, 6.07) is 4.46. The number of halogens is 1. The van der Waals surface area contributed by atoms with E-state index in [1.165, 1.54) is 0 Å². The number of aliphatic carboxylic acids is 1. The topological polar surface area (TPSA) is 63.3 Å². The van der Waals surface area contributed by atoms with Gasteiger partial charge in [0.2, 0.25) is 0 Å². The van der Waals surface area contributed by atoms with Crippen LogP contribution in [0.4, 0.5) is 0 Å². The first-order chi connectivity index (χ1) is 7.41. The van der Waals surface area contributed by atoms with E-state index in [1.54, 1.807) is 23.9 Å². The highest BCUT2D eigenvalue weighted by Crippen LogP contribution is 2.32. The second kappa shape index (κ2) is 5.70. The van der Waals surface area contributed by atoms with Gasteiger partial charge in [0.1, 0.15) is 6.04 Å². The predicted molar refractivity (Wildman–Crippen MR) is 69.7 cm³/mol. The highest BCUT2D eigenvalue weighted by molar-refractivity contribution is 9.10. The van der Waals surface area contributed by atoms with Gasteiger partial charge in [-0.3, -0.25) is 4.79 Å². The van der Waals surface area contributed by atoms with E-state index in [-0.39, 0.29) is 0 Å². The number of hydrogen-bond donors (Lipinski definition) is 2. The number of thioether (sulfide) groups is 1. The van der Waals surface area contributed by atoms with Crippen LogP contribution in [0.2, 0.25) is 0 Å². The van der Waals surface area contributed by atoms with Crippen LogP contribution in [0.5, 0.6) is 0 Å². The molecule has 0 aliphatic heterocycles. The number of carbonyl (C=O) groups is 1. The van der Waals surface area contributed by atoms with Crippen LogP contribution in [0.25, 0.3) is 0 Å². The van der Waals surface area contributed by atoms with Crippen molar-refractivity contribution in [3.8, 4) is 0 Å². The molecule has 0 saturated carbocycles. The third-order valence-corrected chi connectivity index (χ3v) is 3.94. The SMILES string of the molecule is CC(C)Sc1ccc(C(N)C(=O)O)cc1Br. The average Bonchev–Trinajstić information content (AvgIpc) is 2.19. The molecule has 0 amide bonds. The molecule has 0 radical (unpaired) electrons. The van der Waals surface area contributed by atoms with Gasteiger partial charge in [-0.05, 0) is 33.6 Å². The zero-order chi connectivity index (χ0) is 12.3. The van der Waals surface area contributed by atoms with Crippen molar-refractivity contribution in [2.24, 2.45) is 5.73 Å². The van der Waals surface area contributed by atoms with E-state index >= 15 is 0 Å². The molecule has 0 aliphatic rings. The van der Waals surface area contributed by atoms with Gasteiger partial charge in [0.15, 0.2) is 0 Å². The van der Waals surface area contributed by atoms with Crippen molar-refractivity contribution in [1.82, 2.24) is 0 Å². The first-order valence-corrected chi connectivity index (χ1v) is 6.53. The first-order valence-electron chi connectivity index (χ1n) is 4.86. The molecule has 1 unspecified atom stereocenters. The normalized spacial score (nSPS) is 12.8. The van der Waals surface area contributed by atoms with Gasteiger partial charge in [-0.1, -0.05) is 19.9 Å². The molecule has 0 aliphatic carbocycles. The van der Waals surface area contributed by atoms with Crippen LogP contribution >= 0.6 is 27.7 Å². The Morgan fingerprint density at radius 1 is 1.50 bits per heavy atom. The molecule has 5 heteroatoms. The summed E-state index contributed by atoms with van der Waals surface area (Å²) in [4.78, 5) is 11.8. The number of benzene rings is 1. The summed E-state index contributed by atoms with van der Waals surface area (Å²) in [5, 5.41) is 9.28. The van der Waals surface area contributed by atoms with Gasteiger partial charge in [0.05, 0.1) is 0 Å². The lowest BCUT2D eigenvalue weighted by atomic mass is 10.1. The molecule has 0 aromatic heterocycles. The Kier molecular flexibility index (Phi) is 4.83. The number of rotatable bonds is 4. The molecule has 0 saturated heterocycles. The molecular formula is C11H14BrNO2S. The summed E-state index contributed by atoms with van der Waals surface area (Å²) in [5.74, 6) is -1.02. The van der Waals surface area contributed by atoms with E-state index in [2.05, 4.69) is 29.8 Å². The average molecular weight is 304 g/mol. The Morgan fingerprint density at radius 2 is 2.12 bits per heavy atom. The molecule has 0 fully saturated rings. The van der Waals surface area contributed by atoms with E-state index in [4.69, 9.17) is 10.8 Å². The van der Waals surface area contributed by atoms with Gasteiger partial charge in [-0.25, -0.2) is 0 Å². The number of carboxylic acids is 1. The van der Waals surface area contributed by atoms with Gasteiger partial charge in [0.25, 0.3) is 0 Å². The molecule has 1 atom stereocenters. The lowest BCUT2D eigenvalue weighted by Gasteiger charge is -2.11. The summed E-state index contributed by atoms with van der Waals surface area (Å²) >= 11 is 5.14. The molecule has 3 nitrogen and oxygen atoms in total. The Hall–Kier alpha value is -0.520. The number of carboxylic acid groups (broad SMARTS) is 1. The molecule has 1 aromatic carbocycles.